The monoisotopic (exact) mass is 143 g/mol. The first-order valence-corrected chi connectivity index (χ1v) is 2.77. The summed E-state index contributed by atoms with van der Waals surface area (Å²) in [6, 6.07) is 1.56. The summed E-state index contributed by atoms with van der Waals surface area (Å²) in [7, 11) is 0. The zero-order valence-electron chi connectivity index (χ0n) is 5.66. The molecule has 0 amide bonds. The first kappa shape index (κ1) is 9.08. The summed E-state index contributed by atoms with van der Waals surface area (Å²) in [4.78, 5) is 10.6. The van der Waals surface area contributed by atoms with E-state index >= 15 is 0 Å². The van der Waals surface area contributed by atoms with Crippen LogP contribution in [0.1, 0.15) is 6.92 Å². The van der Waals surface area contributed by atoms with Gasteiger partial charge in [0.1, 0.15) is 0 Å². The molecule has 0 aliphatic rings. The van der Waals surface area contributed by atoms with E-state index < -0.39 is 24.4 Å². The normalized spacial score (nSPS) is 10.6. The fourth-order valence-corrected chi connectivity index (χ4v) is 0.422. The Hall–Kier alpha value is -0.920. The maximum atomic E-state index is 10.6. The lowest BCUT2D eigenvalue weighted by atomic mass is 9.88. The number of nitrogens with zero attached hydrogens (tertiary/aromatic N) is 1. The Bertz CT molecular complexity index is 166. The molecule has 4 nitrogen and oxygen atoms in total. The molecule has 2 N–H and O–H groups in total. The lowest BCUT2D eigenvalue weighted by molar-refractivity contribution is -0.127. The van der Waals surface area contributed by atoms with Gasteiger partial charge in [-0.15, -0.1) is 0 Å². The molecule has 0 rings (SSSR count). The molecule has 0 radical (unpaired) electrons. The molecule has 0 spiro atoms. The van der Waals surface area contributed by atoms with Gasteiger partial charge in [-0.2, -0.15) is 5.26 Å². The molecule has 0 atom stereocenters. The average Bonchev–Trinajstić information content (AvgIpc) is 1.92. The van der Waals surface area contributed by atoms with Crippen LogP contribution in [0, 0.1) is 16.7 Å². The van der Waals surface area contributed by atoms with Crippen molar-refractivity contribution in [3.63, 3.8) is 0 Å². The summed E-state index contributed by atoms with van der Waals surface area (Å²) < 4.78 is 0. The number of ketones is 1. The maximum absolute atomic E-state index is 10.6. The van der Waals surface area contributed by atoms with Crippen LogP contribution in [-0.2, 0) is 4.79 Å². The van der Waals surface area contributed by atoms with Crippen molar-refractivity contribution >= 4 is 5.78 Å². The highest BCUT2D eigenvalue weighted by Crippen LogP contribution is 2.14. The lowest BCUT2D eigenvalue weighted by Crippen LogP contribution is -2.35. The standard InChI is InChI=1S/C6H9NO3/c1-5(10)6(2-7,3-8)4-9/h8-9H,3-4H2,1H3. The minimum atomic E-state index is -1.60. The van der Waals surface area contributed by atoms with E-state index in [-0.39, 0.29) is 0 Å². The highest BCUT2D eigenvalue weighted by molar-refractivity contribution is 5.85. The Balaban J connectivity index is 4.52. The van der Waals surface area contributed by atoms with Crippen molar-refractivity contribution in [2.75, 3.05) is 13.2 Å². The number of aliphatic hydroxyl groups excluding tert-OH is 2. The number of Topliss-reactive ketones (excluding diaryl/α,β-unsaturated/α-hetero) is 1. The molecule has 56 valence electrons. The summed E-state index contributed by atoms with van der Waals surface area (Å²) >= 11 is 0. The molecule has 0 saturated carbocycles. The molecule has 0 bridgehead atoms. The van der Waals surface area contributed by atoms with E-state index in [0.717, 1.165) is 6.92 Å². The first-order chi connectivity index (χ1) is 4.63. The van der Waals surface area contributed by atoms with Crippen LogP contribution in [0.2, 0.25) is 0 Å². The molecule has 0 aromatic carbocycles. The second-order valence-corrected chi connectivity index (χ2v) is 2.07. The van der Waals surface area contributed by atoms with Gasteiger partial charge in [0.25, 0.3) is 0 Å². The quantitative estimate of drug-likeness (QED) is 0.534. The van der Waals surface area contributed by atoms with Gasteiger partial charge in [0.05, 0.1) is 19.3 Å². The van der Waals surface area contributed by atoms with Gasteiger partial charge in [-0.1, -0.05) is 0 Å². The fraction of sp³-hybridized carbons (Fsp3) is 0.667. The van der Waals surface area contributed by atoms with Crippen LogP contribution >= 0.6 is 0 Å². The van der Waals surface area contributed by atoms with Gasteiger partial charge in [-0.05, 0) is 6.92 Å². The predicted molar refractivity (Wildman–Crippen MR) is 32.9 cm³/mol. The third-order valence-corrected chi connectivity index (χ3v) is 1.43. The summed E-state index contributed by atoms with van der Waals surface area (Å²) in [6.45, 7) is -0.0969. The van der Waals surface area contributed by atoms with E-state index in [4.69, 9.17) is 15.5 Å². The Morgan fingerprint density at radius 3 is 2.00 bits per heavy atom. The summed E-state index contributed by atoms with van der Waals surface area (Å²) in [5.74, 6) is -0.514. The SMILES string of the molecule is CC(=O)C(C#N)(CO)CO. The maximum Gasteiger partial charge on any atom is 0.161 e. The van der Waals surface area contributed by atoms with Gasteiger partial charge in [-0.25, -0.2) is 0 Å². The van der Waals surface area contributed by atoms with Crippen molar-refractivity contribution in [2.45, 2.75) is 6.92 Å². The minimum Gasteiger partial charge on any atom is -0.394 e. The van der Waals surface area contributed by atoms with Gasteiger partial charge in [0.2, 0.25) is 0 Å². The molecule has 10 heavy (non-hydrogen) atoms. The number of carbonyl (C=O) groups excluding carboxylic acids is 1. The number of carbonyl (C=O) groups is 1. The van der Waals surface area contributed by atoms with E-state index in [9.17, 15) is 4.79 Å². The number of hydrogen-bond acceptors (Lipinski definition) is 4. The molecule has 4 heteroatoms. The van der Waals surface area contributed by atoms with Crippen molar-refractivity contribution in [1.82, 2.24) is 0 Å². The summed E-state index contributed by atoms with van der Waals surface area (Å²) in [5.41, 5.74) is -1.60. The van der Waals surface area contributed by atoms with Gasteiger partial charge < -0.3 is 10.2 Å². The first-order valence-electron chi connectivity index (χ1n) is 2.77. The van der Waals surface area contributed by atoms with Crippen LogP contribution < -0.4 is 0 Å². The van der Waals surface area contributed by atoms with Crippen molar-refractivity contribution in [3.8, 4) is 6.07 Å². The van der Waals surface area contributed by atoms with Crippen LogP contribution in [0.15, 0.2) is 0 Å². The Kier molecular flexibility index (Phi) is 3.00. The molecule has 0 aliphatic heterocycles. The zero-order chi connectivity index (χ0) is 8.20. The smallest absolute Gasteiger partial charge is 0.161 e. The van der Waals surface area contributed by atoms with Crippen LogP contribution in [-0.4, -0.2) is 29.2 Å². The zero-order valence-corrected chi connectivity index (χ0v) is 5.66. The lowest BCUT2D eigenvalue weighted by Gasteiger charge is -2.16. The molecule has 0 aliphatic carbocycles. The highest BCUT2D eigenvalue weighted by atomic mass is 16.3. The number of aliphatic hydroxyl groups is 2. The number of hydrogen-bond donors (Lipinski definition) is 2. The third kappa shape index (κ3) is 1.32. The van der Waals surface area contributed by atoms with Crippen LogP contribution in [0.4, 0.5) is 0 Å². The van der Waals surface area contributed by atoms with Crippen molar-refractivity contribution in [2.24, 2.45) is 5.41 Å². The van der Waals surface area contributed by atoms with Crippen molar-refractivity contribution < 1.29 is 15.0 Å². The topological polar surface area (TPSA) is 81.3 Å². The molecule has 0 saturated heterocycles. The second kappa shape index (κ2) is 3.30. The second-order valence-electron chi connectivity index (χ2n) is 2.07. The van der Waals surface area contributed by atoms with E-state index in [2.05, 4.69) is 0 Å². The van der Waals surface area contributed by atoms with Gasteiger partial charge >= 0.3 is 0 Å². The van der Waals surface area contributed by atoms with E-state index in [1.165, 1.54) is 0 Å². The molecule has 0 fully saturated rings. The fourth-order valence-electron chi connectivity index (χ4n) is 0.422. The number of rotatable bonds is 3. The third-order valence-electron chi connectivity index (χ3n) is 1.43. The van der Waals surface area contributed by atoms with E-state index in [1.54, 1.807) is 6.07 Å². The molecular formula is C6H9NO3. The van der Waals surface area contributed by atoms with Gasteiger partial charge in [-0.3, -0.25) is 4.79 Å². The molecular weight excluding hydrogens is 134 g/mol. The minimum absolute atomic E-state index is 0.514. The molecule has 0 unspecified atom stereocenters. The summed E-state index contributed by atoms with van der Waals surface area (Å²) in [6.07, 6.45) is 0. The Morgan fingerprint density at radius 2 is 2.00 bits per heavy atom. The van der Waals surface area contributed by atoms with Gasteiger partial charge in [0, 0.05) is 0 Å². The predicted octanol–water partition coefficient (Wildman–Crippen LogP) is -0.930. The molecule has 0 aromatic heterocycles. The van der Waals surface area contributed by atoms with E-state index in [1.807, 2.05) is 0 Å². The Morgan fingerprint density at radius 1 is 1.60 bits per heavy atom. The molecule has 0 aromatic rings. The highest BCUT2D eigenvalue weighted by Gasteiger charge is 2.33. The average molecular weight is 143 g/mol. The van der Waals surface area contributed by atoms with Crippen molar-refractivity contribution in [3.05, 3.63) is 0 Å². The summed E-state index contributed by atoms with van der Waals surface area (Å²) in [5, 5.41) is 25.4. The van der Waals surface area contributed by atoms with Crippen LogP contribution in [0.3, 0.4) is 0 Å². The Labute approximate surface area is 58.7 Å². The number of nitriles is 1. The van der Waals surface area contributed by atoms with E-state index in [0.29, 0.717) is 0 Å². The largest absolute Gasteiger partial charge is 0.394 e. The van der Waals surface area contributed by atoms with Gasteiger partial charge in [0.15, 0.2) is 11.2 Å². The van der Waals surface area contributed by atoms with Crippen LogP contribution in [0.25, 0.3) is 0 Å². The van der Waals surface area contributed by atoms with Crippen LogP contribution in [0.5, 0.6) is 0 Å². The molecule has 0 heterocycles. The van der Waals surface area contributed by atoms with Crippen molar-refractivity contribution in [1.29, 1.82) is 5.26 Å².